The van der Waals surface area contributed by atoms with Gasteiger partial charge in [0.05, 0.1) is 0 Å². The van der Waals surface area contributed by atoms with E-state index in [4.69, 9.17) is 0 Å². The number of rotatable bonds is 3. The van der Waals surface area contributed by atoms with Gasteiger partial charge in [-0.1, -0.05) is 0 Å². The zero-order chi connectivity index (χ0) is 10.8. The van der Waals surface area contributed by atoms with Crippen molar-refractivity contribution in [3.05, 3.63) is 0 Å². The largest absolute Gasteiger partial charge is 0.336 e. The maximum absolute atomic E-state index is 11.2. The highest BCUT2D eigenvalue weighted by Crippen LogP contribution is 1.99. The van der Waals surface area contributed by atoms with Crippen LogP contribution in [0.5, 0.6) is 0 Å². The molecule has 0 spiro atoms. The van der Waals surface area contributed by atoms with Crippen molar-refractivity contribution in [3.8, 4) is 0 Å². The van der Waals surface area contributed by atoms with Gasteiger partial charge in [-0.2, -0.15) is 0 Å². The van der Waals surface area contributed by atoms with E-state index in [1.165, 1.54) is 0 Å². The number of nitrogens with zero attached hydrogens (tertiary/aromatic N) is 1. The molecule has 0 bridgehead atoms. The van der Waals surface area contributed by atoms with E-state index in [0.29, 0.717) is 13.1 Å². The van der Waals surface area contributed by atoms with Crippen LogP contribution in [-0.4, -0.2) is 44.2 Å². The zero-order valence-electron chi connectivity index (χ0n) is 7.61. The normalized spacial score (nSPS) is 16.6. The van der Waals surface area contributed by atoms with E-state index in [2.05, 4.69) is 5.32 Å². The Bertz CT molecular complexity index is 350. The van der Waals surface area contributed by atoms with Gasteiger partial charge < -0.3 is 10.2 Å². The number of hydrogen-bond donors (Lipinski definition) is 2. The lowest BCUT2D eigenvalue weighted by molar-refractivity contribution is -0.117. The zero-order valence-corrected chi connectivity index (χ0v) is 8.43. The molecule has 0 unspecified atom stereocenters. The summed E-state index contributed by atoms with van der Waals surface area (Å²) in [5, 5.41) is 2.46. The molecular formula is C6H11N3O4S. The quantitative estimate of drug-likeness (QED) is 0.602. The molecule has 0 aromatic carbocycles. The van der Waals surface area contributed by atoms with Crippen molar-refractivity contribution in [2.45, 2.75) is 6.92 Å². The van der Waals surface area contributed by atoms with E-state index >= 15 is 0 Å². The van der Waals surface area contributed by atoms with Gasteiger partial charge in [0.2, 0.25) is 5.91 Å². The van der Waals surface area contributed by atoms with Gasteiger partial charge >= 0.3 is 6.03 Å². The molecule has 1 heterocycles. The van der Waals surface area contributed by atoms with Crippen LogP contribution in [0.2, 0.25) is 0 Å². The molecule has 2 N–H and O–H groups in total. The SMILES string of the molecule is CC(=O)NS(=O)(=O)CN1CCNC1=O. The fourth-order valence-corrected chi connectivity index (χ4v) is 2.25. The summed E-state index contributed by atoms with van der Waals surface area (Å²) < 4.78 is 24.2. The molecule has 1 aliphatic rings. The highest BCUT2D eigenvalue weighted by molar-refractivity contribution is 7.90. The van der Waals surface area contributed by atoms with Gasteiger partial charge in [0.1, 0.15) is 5.88 Å². The van der Waals surface area contributed by atoms with E-state index < -0.39 is 27.8 Å². The first kappa shape index (κ1) is 10.8. The number of urea groups is 1. The number of nitrogens with one attached hydrogen (secondary N) is 2. The minimum atomic E-state index is -3.73. The predicted molar refractivity (Wildman–Crippen MR) is 47.7 cm³/mol. The van der Waals surface area contributed by atoms with Crippen LogP contribution in [0.4, 0.5) is 4.79 Å². The van der Waals surface area contributed by atoms with E-state index in [1.54, 1.807) is 4.72 Å². The van der Waals surface area contributed by atoms with E-state index in [-0.39, 0.29) is 0 Å². The first-order chi connectivity index (χ1) is 6.41. The molecule has 1 rings (SSSR count). The molecule has 0 atom stereocenters. The Kier molecular flexibility index (Phi) is 2.94. The molecule has 0 aromatic heterocycles. The summed E-state index contributed by atoms with van der Waals surface area (Å²) in [6.45, 7) is 1.85. The van der Waals surface area contributed by atoms with Crippen molar-refractivity contribution in [1.29, 1.82) is 0 Å². The van der Waals surface area contributed by atoms with Crippen molar-refractivity contribution in [3.63, 3.8) is 0 Å². The minimum absolute atomic E-state index is 0.331. The van der Waals surface area contributed by atoms with Crippen LogP contribution in [0.1, 0.15) is 6.92 Å². The van der Waals surface area contributed by atoms with E-state index in [1.807, 2.05) is 0 Å². The summed E-state index contributed by atoms with van der Waals surface area (Å²) in [4.78, 5) is 22.6. The highest BCUT2D eigenvalue weighted by Gasteiger charge is 2.25. The van der Waals surface area contributed by atoms with Crippen LogP contribution in [0.15, 0.2) is 0 Å². The second-order valence-corrected chi connectivity index (χ2v) is 4.59. The van der Waals surface area contributed by atoms with Gasteiger partial charge in [0, 0.05) is 20.0 Å². The van der Waals surface area contributed by atoms with E-state index in [0.717, 1.165) is 11.8 Å². The molecule has 8 heteroatoms. The third-order valence-corrected chi connectivity index (χ3v) is 2.82. The summed E-state index contributed by atoms with van der Waals surface area (Å²) in [5.41, 5.74) is 0. The average Bonchev–Trinajstić information content (AvgIpc) is 2.32. The number of sulfonamides is 1. The first-order valence-corrected chi connectivity index (χ1v) is 5.60. The van der Waals surface area contributed by atoms with Gasteiger partial charge in [-0.3, -0.25) is 9.52 Å². The Labute approximate surface area is 81.5 Å². The Morgan fingerprint density at radius 2 is 2.29 bits per heavy atom. The molecule has 80 valence electrons. The molecule has 0 aliphatic carbocycles. The maximum Gasteiger partial charge on any atom is 0.318 e. The summed E-state index contributed by atoms with van der Waals surface area (Å²) in [5.74, 6) is -1.15. The molecular weight excluding hydrogens is 210 g/mol. The van der Waals surface area contributed by atoms with E-state index in [9.17, 15) is 18.0 Å². The third kappa shape index (κ3) is 2.87. The lowest BCUT2D eigenvalue weighted by Crippen LogP contribution is -2.40. The van der Waals surface area contributed by atoms with Crippen molar-refractivity contribution in [2.75, 3.05) is 19.0 Å². The van der Waals surface area contributed by atoms with Crippen LogP contribution in [0, 0.1) is 0 Å². The fraction of sp³-hybridized carbons (Fsp3) is 0.667. The van der Waals surface area contributed by atoms with Gasteiger partial charge in [0.25, 0.3) is 10.0 Å². The second-order valence-electron chi connectivity index (χ2n) is 2.90. The van der Waals surface area contributed by atoms with Crippen LogP contribution < -0.4 is 10.0 Å². The van der Waals surface area contributed by atoms with Crippen LogP contribution in [-0.2, 0) is 14.8 Å². The Morgan fingerprint density at radius 1 is 1.64 bits per heavy atom. The summed E-state index contributed by atoms with van der Waals surface area (Å²) in [6, 6.07) is -0.432. The summed E-state index contributed by atoms with van der Waals surface area (Å²) in [6.07, 6.45) is 0. The number of hydrogen-bond acceptors (Lipinski definition) is 4. The standard InChI is InChI=1S/C6H11N3O4S/c1-5(10)8-14(12,13)4-9-3-2-7-6(9)11/h2-4H2,1H3,(H,7,11)(H,8,10). The average molecular weight is 221 g/mol. The van der Waals surface area contributed by atoms with Crippen LogP contribution in [0.3, 0.4) is 0 Å². The van der Waals surface area contributed by atoms with Crippen molar-refractivity contribution in [2.24, 2.45) is 0 Å². The van der Waals surface area contributed by atoms with Gasteiger partial charge in [0.15, 0.2) is 0 Å². The second kappa shape index (κ2) is 3.82. The summed E-state index contributed by atoms with van der Waals surface area (Å²) >= 11 is 0. The molecule has 0 radical (unpaired) electrons. The lowest BCUT2D eigenvalue weighted by Gasteiger charge is -2.13. The number of carbonyl (C=O) groups excluding carboxylic acids is 2. The Balaban J connectivity index is 2.59. The monoisotopic (exact) mass is 221 g/mol. The minimum Gasteiger partial charge on any atom is -0.336 e. The summed E-state index contributed by atoms with van der Waals surface area (Å²) in [7, 11) is -3.73. The highest BCUT2D eigenvalue weighted by atomic mass is 32.2. The molecule has 1 fully saturated rings. The van der Waals surface area contributed by atoms with Gasteiger partial charge in [-0.15, -0.1) is 0 Å². The third-order valence-electron chi connectivity index (χ3n) is 1.57. The first-order valence-electron chi connectivity index (χ1n) is 3.94. The molecule has 1 saturated heterocycles. The Hall–Kier alpha value is -1.31. The lowest BCUT2D eigenvalue weighted by atomic mass is 10.7. The van der Waals surface area contributed by atoms with Crippen molar-refractivity contribution < 1.29 is 18.0 Å². The van der Waals surface area contributed by atoms with Crippen molar-refractivity contribution in [1.82, 2.24) is 14.9 Å². The number of amides is 3. The van der Waals surface area contributed by atoms with Crippen molar-refractivity contribution >= 4 is 22.0 Å². The number of carbonyl (C=O) groups is 2. The van der Waals surface area contributed by atoms with Crippen LogP contribution in [0.25, 0.3) is 0 Å². The van der Waals surface area contributed by atoms with Gasteiger partial charge in [-0.25, -0.2) is 13.2 Å². The molecule has 3 amide bonds. The molecule has 0 saturated carbocycles. The topological polar surface area (TPSA) is 95.6 Å². The van der Waals surface area contributed by atoms with Gasteiger partial charge in [-0.05, 0) is 0 Å². The molecule has 0 aromatic rings. The molecule has 14 heavy (non-hydrogen) atoms. The molecule has 1 aliphatic heterocycles. The smallest absolute Gasteiger partial charge is 0.318 e. The predicted octanol–water partition coefficient (Wildman–Crippen LogP) is -1.56. The fourth-order valence-electron chi connectivity index (χ4n) is 1.09. The molecule has 7 nitrogen and oxygen atoms in total. The Morgan fingerprint density at radius 3 is 2.71 bits per heavy atom. The van der Waals surface area contributed by atoms with Crippen LogP contribution >= 0.6 is 0 Å². The maximum atomic E-state index is 11.2.